The second-order valence-electron chi connectivity index (χ2n) is 5.61. The van der Waals surface area contributed by atoms with Gasteiger partial charge in [0.1, 0.15) is 0 Å². The van der Waals surface area contributed by atoms with Gasteiger partial charge in [-0.25, -0.2) is 0 Å². The van der Waals surface area contributed by atoms with E-state index in [1.807, 2.05) is 13.0 Å². The summed E-state index contributed by atoms with van der Waals surface area (Å²) in [6.07, 6.45) is 1.82. The van der Waals surface area contributed by atoms with E-state index in [4.69, 9.17) is 0 Å². The van der Waals surface area contributed by atoms with E-state index in [9.17, 15) is 4.79 Å². The van der Waals surface area contributed by atoms with Crippen molar-refractivity contribution in [2.75, 3.05) is 31.1 Å². The molecule has 3 nitrogen and oxygen atoms in total. The number of anilines is 1. The fraction of sp³-hybridized carbons (Fsp3) is 0.588. The lowest BCUT2D eigenvalue weighted by Crippen LogP contribution is -2.43. The first-order valence-electron chi connectivity index (χ1n) is 7.80. The Balaban J connectivity index is 2.25. The van der Waals surface area contributed by atoms with Crippen LogP contribution in [0.2, 0.25) is 0 Å². The monoisotopic (exact) mass is 274 g/mol. The molecule has 0 bridgehead atoms. The predicted octanol–water partition coefficient (Wildman–Crippen LogP) is 2.89. The Morgan fingerprint density at radius 3 is 2.60 bits per heavy atom. The SMILES string of the molecule is CCc1cc(N2CCNCC2)ccc1C(=O)C(C)CC. The summed E-state index contributed by atoms with van der Waals surface area (Å²) in [6.45, 7) is 10.4. The number of hydrogen-bond acceptors (Lipinski definition) is 3. The van der Waals surface area contributed by atoms with Gasteiger partial charge in [-0.15, -0.1) is 0 Å². The summed E-state index contributed by atoms with van der Waals surface area (Å²) < 4.78 is 0. The fourth-order valence-electron chi connectivity index (χ4n) is 2.68. The maximum Gasteiger partial charge on any atom is 0.165 e. The van der Waals surface area contributed by atoms with Gasteiger partial charge in [0, 0.05) is 43.3 Å². The van der Waals surface area contributed by atoms with Crippen molar-refractivity contribution in [1.82, 2.24) is 5.32 Å². The minimum Gasteiger partial charge on any atom is -0.369 e. The van der Waals surface area contributed by atoms with Gasteiger partial charge in [0.2, 0.25) is 0 Å². The second-order valence-corrected chi connectivity index (χ2v) is 5.61. The Bertz CT molecular complexity index is 464. The predicted molar refractivity (Wildman–Crippen MR) is 84.7 cm³/mol. The Morgan fingerprint density at radius 2 is 2.00 bits per heavy atom. The molecular weight excluding hydrogens is 248 g/mol. The zero-order valence-electron chi connectivity index (χ0n) is 12.9. The molecule has 1 aromatic carbocycles. The van der Waals surface area contributed by atoms with Crippen molar-refractivity contribution in [3.63, 3.8) is 0 Å². The quantitative estimate of drug-likeness (QED) is 0.838. The summed E-state index contributed by atoms with van der Waals surface area (Å²) in [5.74, 6) is 0.404. The molecule has 2 rings (SSSR count). The second kappa shape index (κ2) is 6.89. The highest BCUT2D eigenvalue weighted by atomic mass is 16.1. The number of rotatable bonds is 5. The summed E-state index contributed by atoms with van der Waals surface area (Å²) in [7, 11) is 0. The van der Waals surface area contributed by atoms with Gasteiger partial charge in [-0.05, 0) is 36.6 Å². The molecule has 0 saturated carbocycles. The number of hydrogen-bond donors (Lipinski definition) is 1. The van der Waals surface area contributed by atoms with Crippen molar-refractivity contribution in [3.8, 4) is 0 Å². The molecule has 1 unspecified atom stereocenters. The molecule has 3 heteroatoms. The van der Waals surface area contributed by atoms with Gasteiger partial charge < -0.3 is 10.2 Å². The standard InChI is InChI=1S/C17H26N2O/c1-4-13(3)17(20)16-7-6-15(12-14(16)5-2)19-10-8-18-9-11-19/h6-7,12-13,18H,4-5,8-11H2,1-3H3. The van der Waals surface area contributed by atoms with Crippen LogP contribution >= 0.6 is 0 Å². The zero-order chi connectivity index (χ0) is 14.5. The number of nitrogens with zero attached hydrogens (tertiary/aromatic N) is 1. The van der Waals surface area contributed by atoms with Crippen molar-refractivity contribution in [3.05, 3.63) is 29.3 Å². The van der Waals surface area contributed by atoms with E-state index in [1.54, 1.807) is 0 Å². The van der Waals surface area contributed by atoms with Gasteiger partial charge >= 0.3 is 0 Å². The normalized spacial score (nSPS) is 17.1. The van der Waals surface area contributed by atoms with Crippen LogP contribution in [0.5, 0.6) is 0 Å². The highest BCUT2D eigenvalue weighted by molar-refractivity contribution is 5.99. The third-order valence-corrected chi connectivity index (χ3v) is 4.28. The number of aryl methyl sites for hydroxylation is 1. The fourth-order valence-corrected chi connectivity index (χ4v) is 2.68. The number of nitrogens with one attached hydrogen (secondary N) is 1. The number of benzene rings is 1. The molecule has 1 aromatic rings. The lowest BCUT2D eigenvalue weighted by Gasteiger charge is -2.30. The van der Waals surface area contributed by atoms with Crippen molar-refractivity contribution >= 4 is 11.5 Å². The Hall–Kier alpha value is -1.35. The van der Waals surface area contributed by atoms with Crippen LogP contribution in [0, 0.1) is 5.92 Å². The Kier molecular flexibility index (Phi) is 5.18. The molecule has 0 radical (unpaired) electrons. The molecule has 1 saturated heterocycles. The first-order valence-corrected chi connectivity index (χ1v) is 7.80. The maximum atomic E-state index is 12.4. The van der Waals surface area contributed by atoms with E-state index in [-0.39, 0.29) is 11.7 Å². The minimum absolute atomic E-state index is 0.116. The first kappa shape index (κ1) is 15.0. The molecule has 1 aliphatic heterocycles. The van der Waals surface area contributed by atoms with Crippen LogP contribution in [-0.2, 0) is 6.42 Å². The largest absolute Gasteiger partial charge is 0.369 e. The van der Waals surface area contributed by atoms with Crippen LogP contribution in [0.15, 0.2) is 18.2 Å². The van der Waals surface area contributed by atoms with Crippen molar-refractivity contribution in [2.45, 2.75) is 33.6 Å². The van der Waals surface area contributed by atoms with Gasteiger partial charge in [-0.2, -0.15) is 0 Å². The van der Waals surface area contributed by atoms with Crippen molar-refractivity contribution in [1.29, 1.82) is 0 Å². The molecule has 1 fully saturated rings. The van der Waals surface area contributed by atoms with Gasteiger partial charge in [0.15, 0.2) is 5.78 Å². The van der Waals surface area contributed by atoms with E-state index < -0.39 is 0 Å². The number of ketones is 1. The Labute approximate surface area is 122 Å². The van der Waals surface area contributed by atoms with E-state index in [0.29, 0.717) is 0 Å². The summed E-state index contributed by atoms with van der Waals surface area (Å²) in [5.41, 5.74) is 3.36. The van der Waals surface area contributed by atoms with Crippen LogP contribution in [0.3, 0.4) is 0 Å². The molecule has 20 heavy (non-hydrogen) atoms. The van der Waals surface area contributed by atoms with Crippen LogP contribution < -0.4 is 10.2 Å². The van der Waals surface area contributed by atoms with E-state index in [0.717, 1.165) is 44.6 Å². The molecule has 0 amide bonds. The average molecular weight is 274 g/mol. The number of Topliss-reactive ketones (excluding diaryl/α,β-unsaturated/α-hetero) is 1. The lowest BCUT2D eigenvalue weighted by atomic mass is 9.92. The molecule has 110 valence electrons. The van der Waals surface area contributed by atoms with E-state index in [2.05, 4.69) is 36.2 Å². The van der Waals surface area contributed by atoms with Crippen molar-refractivity contribution in [2.24, 2.45) is 5.92 Å². The molecular formula is C17H26N2O. The van der Waals surface area contributed by atoms with Gasteiger partial charge in [-0.1, -0.05) is 20.8 Å². The zero-order valence-corrected chi connectivity index (χ0v) is 12.9. The number of piperazine rings is 1. The Morgan fingerprint density at radius 1 is 1.30 bits per heavy atom. The molecule has 1 heterocycles. The lowest BCUT2D eigenvalue weighted by molar-refractivity contribution is 0.0926. The summed E-state index contributed by atoms with van der Waals surface area (Å²) >= 11 is 0. The summed E-state index contributed by atoms with van der Waals surface area (Å²) in [5, 5.41) is 3.37. The number of carbonyl (C=O) groups is 1. The number of carbonyl (C=O) groups excluding carboxylic acids is 1. The third kappa shape index (κ3) is 3.21. The first-order chi connectivity index (χ1) is 9.67. The summed E-state index contributed by atoms with van der Waals surface area (Å²) in [6, 6.07) is 6.35. The molecule has 1 aliphatic rings. The summed E-state index contributed by atoms with van der Waals surface area (Å²) in [4.78, 5) is 14.8. The molecule has 0 spiro atoms. The third-order valence-electron chi connectivity index (χ3n) is 4.28. The van der Waals surface area contributed by atoms with Crippen molar-refractivity contribution < 1.29 is 4.79 Å². The molecule has 1 N–H and O–H groups in total. The van der Waals surface area contributed by atoms with Crippen LogP contribution in [0.25, 0.3) is 0 Å². The van der Waals surface area contributed by atoms with E-state index in [1.165, 1.54) is 11.3 Å². The van der Waals surface area contributed by atoms with Crippen LogP contribution in [-0.4, -0.2) is 32.0 Å². The van der Waals surface area contributed by atoms with Gasteiger partial charge in [-0.3, -0.25) is 4.79 Å². The highest BCUT2D eigenvalue weighted by Gasteiger charge is 2.18. The van der Waals surface area contributed by atoms with Crippen LogP contribution in [0.1, 0.15) is 43.1 Å². The van der Waals surface area contributed by atoms with Crippen LogP contribution in [0.4, 0.5) is 5.69 Å². The highest BCUT2D eigenvalue weighted by Crippen LogP contribution is 2.23. The van der Waals surface area contributed by atoms with Gasteiger partial charge in [0.05, 0.1) is 0 Å². The topological polar surface area (TPSA) is 32.3 Å². The van der Waals surface area contributed by atoms with Gasteiger partial charge in [0.25, 0.3) is 0 Å². The molecule has 0 aliphatic carbocycles. The molecule has 1 atom stereocenters. The minimum atomic E-state index is 0.116. The maximum absolute atomic E-state index is 12.4. The average Bonchev–Trinajstić information content (AvgIpc) is 2.53. The van der Waals surface area contributed by atoms with E-state index >= 15 is 0 Å². The smallest absolute Gasteiger partial charge is 0.165 e. The molecule has 0 aromatic heterocycles.